The second-order valence-corrected chi connectivity index (χ2v) is 7.90. The number of methoxy groups -OCH3 is 1. The largest absolute Gasteiger partial charge is 0.465 e. The minimum absolute atomic E-state index is 0.0389. The molecule has 176 valence electrons. The lowest BCUT2D eigenvalue weighted by molar-refractivity contribution is 0.0600. The molecule has 0 aromatic heterocycles. The van der Waals surface area contributed by atoms with Gasteiger partial charge >= 0.3 is 12.1 Å². The topological polar surface area (TPSA) is 84.9 Å². The highest BCUT2D eigenvalue weighted by atomic mass is 16.5. The summed E-state index contributed by atoms with van der Waals surface area (Å²) in [6, 6.07) is 25.4. The zero-order valence-corrected chi connectivity index (χ0v) is 19.3. The fraction of sp³-hybridized carbons (Fsp3) is 0.214. The fourth-order valence-corrected chi connectivity index (χ4v) is 3.50. The number of alkyl carbamates (subject to hydrolysis) is 1. The average Bonchev–Trinajstić information content (AvgIpc) is 2.90. The standard InChI is InChI=1S/C28H29NO5/c1-20(18-30)17-25(22-11-7-4-8-12-22)26(23-13-15-24(16-14-23)27(31)33-2)29-28(32)34-19-21-9-5-3-6-10-21/h3-17,20,26,30H,18-19H2,1-2H3,(H,29,32)/b25-17+/t20-,26?/m1/s1. The van der Waals surface area contributed by atoms with E-state index >= 15 is 0 Å². The Bertz CT molecular complexity index is 1090. The monoisotopic (exact) mass is 459 g/mol. The molecule has 0 aliphatic heterocycles. The lowest BCUT2D eigenvalue weighted by atomic mass is 9.90. The molecule has 3 aromatic rings. The summed E-state index contributed by atoms with van der Waals surface area (Å²) < 4.78 is 10.3. The Kier molecular flexibility index (Phi) is 9.00. The van der Waals surface area contributed by atoms with E-state index in [1.54, 1.807) is 24.3 Å². The maximum Gasteiger partial charge on any atom is 0.408 e. The van der Waals surface area contributed by atoms with Crippen LogP contribution in [-0.2, 0) is 16.1 Å². The van der Waals surface area contributed by atoms with Crippen molar-refractivity contribution in [1.82, 2.24) is 5.32 Å². The summed E-state index contributed by atoms with van der Waals surface area (Å²) in [7, 11) is 1.33. The van der Waals surface area contributed by atoms with Crippen molar-refractivity contribution in [2.75, 3.05) is 13.7 Å². The highest BCUT2D eigenvalue weighted by Crippen LogP contribution is 2.32. The number of rotatable bonds is 9. The minimum Gasteiger partial charge on any atom is -0.465 e. The second kappa shape index (κ2) is 12.4. The quantitative estimate of drug-likeness (QED) is 0.432. The number of ether oxygens (including phenoxy) is 2. The lowest BCUT2D eigenvalue weighted by Crippen LogP contribution is -2.30. The van der Waals surface area contributed by atoms with Crippen LogP contribution in [0.15, 0.2) is 91.0 Å². The molecule has 0 saturated carbocycles. The van der Waals surface area contributed by atoms with Crippen molar-refractivity contribution < 1.29 is 24.2 Å². The van der Waals surface area contributed by atoms with E-state index in [9.17, 15) is 14.7 Å². The molecule has 0 radical (unpaired) electrons. The molecule has 3 rings (SSSR count). The van der Waals surface area contributed by atoms with Crippen molar-refractivity contribution >= 4 is 17.6 Å². The summed E-state index contributed by atoms with van der Waals surface area (Å²) in [4.78, 5) is 24.7. The van der Waals surface area contributed by atoms with Crippen LogP contribution < -0.4 is 5.32 Å². The molecule has 1 unspecified atom stereocenters. The van der Waals surface area contributed by atoms with Gasteiger partial charge in [0.1, 0.15) is 6.61 Å². The lowest BCUT2D eigenvalue weighted by Gasteiger charge is -2.24. The summed E-state index contributed by atoms with van der Waals surface area (Å²) in [5.74, 6) is -0.583. The molecule has 34 heavy (non-hydrogen) atoms. The Balaban J connectivity index is 1.95. The maximum absolute atomic E-state index is 12.8. The number of aliphatic hydroxyl groups excluding tert-OH is 1. The van der Waals surface area contributed by atoms with Crippen molar-refractivity contribution in [1.29, 1.82) is 0 Å². The van der Waals surface area contributed by atoms with Gasteiger partial charge in [-0.1, -0.05) is 85.8 Å². The Morgan fingerprint density at radius 2 is 1.53 bits per heavy atom. The Morgan fingerprint density at radius 1 is 0.912 bits per heavy atom. The minimum atomic E-state index is -0.579. The van der Waals surface area contributed by atoms with Crippen molar-refractivity contribution in [3.63, 3.8) is 0 Å². The van der Waals surface area contributed by atoms with Crippen LogP contribution in [0.2, 0.25) is 0 Å². The summed E-state index contributed by atoms with van der Waals surface area (Å²) in [5.41, 5.74) is 3.75. The number of nitrogens with one attached hydrogen (secondary N) is 1. The first-order valence-electron chi connectivity index (χ1n) is 11.0. The second-order valence-electron chi connectivity index (χ2n) is 7.90. The van der Waals surface area contributed by atoms with Gasteiger partial charge in [-0.15, -0.1) is 0 Å². The Hall–Kier alpha value is -3.90. The molecule has 1 amide bonds. The van der Waals surface area contributed by atoms with Gasteiger partial charge in [0.15, 0.2) is 0 Å². The first kappa shape index (κ1) is 24.7. The van der Waals surface area contributed by atoms with Crippen LogP contribution in [0.5, 0.6) is 0 Å². The van der Waals surface area contributed by atoms with E-state index < -0.39 is 18.1 Å². The van der Waals surface area contributed by atoms with Crippen molar-refractivity contribution in [2.24, 2.45) is 5.92 Å². The summed E-state index contributed by atoms with van der Waals surface area (Å²) in [5, 5.41) is 12.7. The molecule has 0 aliphatic rings. The van der Waals surface area contributed by atoms with E-state index in [4.69, 9.17) is 9.47 Å². The highest BCUT2D eigenvalue weighted by molar-refractivity contribution is 5.89. The molecule has 0 spiro atoms. The van der Waals surface area contributed by atoms with E-state index in [-0.39, 0.29) is 19.1 Å². The molecule has 2 N–H and O–H groups in total. The van der Waals surface area contributed by atoms with Crippen molar-refractivity contribution in [3.8, 4) is 0 Å². The van der Waals surface area contributed by atoms with E-state index in [0.29, 0.717) is 5.56 Å². The number of carbonyl (C=O) groups is 2. The molecular formula is C28H29NO5. The predicted octanol–water partition coefficient (Wildman–Crippen LogP) is 5.15. The molecule has 3 aromatic carbocycles. The van der Waals surface area contributed by atoms with Gasteiger partial charge in [0.25, 0.3) is 0 Å². The third kappa shape index (κ3) is 6.80. The normalized spacial score (nSPS) is 13.0. The summed E-state index contributed by atoms with van der Waals surface area (Å²) >= 11 is 0. The molecule has 0 bridgehead atoms. The van der Waals surface area contributed by atoms with Crippen molar-refractivity contribution in [3.05, 3.63) is 113 Å². The third-order valence-corrected chi connectivity index (χ3v) is 5.31. The highest BCUT2D eigenvalue weighted by Gasteiger charge is 2.23. The van der Waals surface area contributed by atoms with Crippen LogP contribution >= 0.6 is 0 Å². The van der Waals surface area contributed by atoms with Gasteiger partial charge in [0.05, 0.1) is 18.7 Å². The van der Waals surface area contributed by atoms with Crippen LogP contribution in [0.4, 0.5) is 4.79 Å². The molecule has 0 saturated heterocycles. The van der Waals surface area contributed by atoms with Gasteiger partial charge in [-0.3, -0.25) is 0 Å². The molecule has 6 nitrogen and oxygen atoms in total. The van der Waals surface area contributed by atoms with Crippen LogP contribution in [0, 0.1) is 5.92 Å². The zero-order valence-electron chi connectivity index (χ0n) is 19.3. The van der Waals surface area contributed by atoms with Gasteiger partial charge in [0, 0.05) is 6.61 Å². The number of carbonyl (C=O) groups excluding carboxylic acids is 2. The molecular weight excluding hydrogens is 430 g/mol. The van der Waals surface area contributed by atoms with Gasteiger partial charge < -0.3 is 19.9 Å². The average molecular weight is 460 g/mol. The van der Waals surface area contributed by atoms with Crippen LogP contribution in [0.3, 0.4) is 0 Å². The van der Waals surface area contributed by atoms with Crippen molar-refractivity contribution in [2.45, 2.75) is 19.6 Å². The maximum atomic E-state index is 12.8. The summed E-state index contributed by atoms with van der Waals surface area (Å²) in [6.07, 6.45) is 1.36. The van der Waals surface area contributed by atoms with E-state index in [0.717, 1.165) is 22.3 Å². The van der Waals surface area contributed by atoms with Crippen LogP contribution in [-0.4, -0.2) is 30.9 Å². The van der Waals surface area contributed by atoms with Gasteiger partial charge in [0.2, 0.25) is 0 Å². The number of benzene rings is 3. The zero-order chi connectivity index (χ0) is 24.3. The predicted molar refractivity (Wildman–Crippen MR) is 131 cm³/mol. The fourth-order valence-electron chi connectivity index (χ4n) is 3.50. The molecule has 6 heteroatoms. The molecule has 2 atom stereocenters. The van der Waals surface area contributed by atoms with E-state index in [1.807, 2.05) is 73.7 Å². The number of aliphatic hydroxyl groups is 1. The number of hydrogen-bond donors (Lipinski definition) is 2. The molecule has 0 aliphatic carbocycles. The van der Waals surface area contributed by atoms with E-state index in [1.165, 1.54) is 7.11 Å². The van der Waals surface area contributed by atoms with Crippen LogP contribution in [0.25, 0.3) is 5.57 Å². The Morgan fingerprint density at radius 3 is 2.12 bits per heavy atom. The van der Waals surface area contributed by atoms with Crippen LogP contribution in [0.1, 0.15) is 40.0 Å². The van der Waals surface area contributed by atoms with E-state index in [2.05, 4.69) is 5.32 Å². The third-order valence-electron chi connectivity index (χ3n) is 5.31. The number of hydrogen-bond acceptors (Lipinski definition) is 5. The van der Waals surface area contributed by atoms with Gasteiger partial charge in [-0.05, 0) is 40.3 Å². The number of amides is 1. The van der Waals surface area contributed by atoms with Gasteiger partial charge in [-0.2, -0.15) is 0 Å². The first-order chi connectivity index (χ1) is 16.5. The number of esters is 1. The van der Waals surface area contributed by atoms with Gasteiger partial charge in [-0.25, -0.2) is 9.59 Å². The molecule has 0 heterocycles. The molecule has 0 fully saturated rings. The smallest absolute Gasteiger partial charge is 0.408 e. The summed E-state index contributed by atoms with van der Waals surface area (Å²) in [6.45, 7) is 2.00. The Labute approximate surface area is 199 Å². The first-order valence-corrected chi connectivity index (χ1v) is 11.0. The SMILES string of the molecule is COC(=O)c1ccc(C(NC(=O)OCc2ccccc2)/C(=C/[C@@H](C)CO)c2ccccc2)cc1.